The zero-order chi connectivity index (χ0) is 15.6. The topological polar surface area (TPSA) is 68.5 Å². The SMILES string of the molecule is CCc1c(C(=O)O)n(CCOC)c2c(Br)cc(C=O)cc12. The smallest absolute Gasteiger partial charge is 0.352 e. The van der Waals surface area contributed by atoms with Crippen LogP contribution in [0.25, 0.3) is 10.9 Å². The minimum Gasteiger partial charge on any atom is -0.477 e. The van der Waals surface area contributed by atoms with Crippen LogP contribution in [0, 0.1) is 0 Å². The molecule has 1 heterocycles. The van der Waals surface area contributed by atoms with Crippen molar-refractivity contribution in [2.45, 2.75) is 19.9 Å². The average Bonchev–Trinajstić information content (AvgIpc) is 2.78. The lowest BCUT2D eigenvalue weighted by atomic mass is 10.1. The number of aldehydes is 1. The van der Waals surface area contributed by atoms with Crippen molar-refractivity contribution in [3.63, 3.8) is 0 Å². The summed E-state index contributed by atoms with van der Waals surface area (Å²) in [6.07, 6.45) is 1.34. The molecule has 0 saturated carbocycles. The summed E-state index contributed by atoms with van der Waals surface area (Å²) >= 11 is 3.44. The third-order valence-corrected chi connectivity index (χ3v) is 4.05. The van der Waals surface area contributed by atoms with Crippen molar-refractivity contribution in [3.05, 3.63) is 33.4 Å². The van der Waals surface area contributed by atoms with Crippen LogP contribution in [0.1, 0.15) is 33.3 Å². The number of carboxylic acids is 1. The Morgan fingerprint density at radius 1 is 1.48 bits per heavy atom. The van der Waals surface area contributed by atoms with Crippen LogP contribution in [0.15, 0.2) is 16.6 Å². The second kappa shape index (κ2) is 6.41. The average molecular weight is 354 g/mol. The molecule has 2 rings (SSSR count). The number of aromatic carboxylic acids is 1. The predicted octanol–water partition coefficient (Wildman–Crippen LogP) is 3.12. The van der Waals surface area contributed by atoms with Gasteiger partial charge in [-0.15, -0.1) is 0 Å². The van der Waals surface area contributed by atoms with Gasteiger partial charge in [-0.25, -0.2) is 4.79 Å². The van der Waals surface area contributed by atoms with E-state index in [1.165, 1.54) is 0 Å². The van der Waals surface area contributed by atoms with Gasteiger partial charge in [0.1, 0.15) is 12.0 Å². The summed E-state index contributed by atoms with van der Waals surface area (Å²) in [5.41, 5.74) is 2.29. The summed E-state index contributed by atoms with van der Waals surface area (Å²) < 4.78 is 7.52. The standard InChI is InChI=1S/C15H16BrNO4/c1-3-10-11-6-9(8-18)7-12(16)13(11)17(4-5-21-2)14(10)15(19)20/h6-8H,3-5H2,1-2H3,(H,19,20). The zero-order valence-electron chi connectivity index (χ0n) is 11.9. The second-order valence-electron chi connectivity index (χ2n) is 4.65. The van der Waals surface area contributed by atoms with Gasteiger partial charge >= 0.3 is 5.97 Å². The molecule has 0 aliphatic heterocycles. The largest absolute Gasteiger partial charge is 0.477 e. The first-order valence-electron chi connectivity index (χ1n) is 6.57. The number of aromatic nitrogens is 1. The van der Waals surface area contributed by atoms with Gasteiger partial charge in [-0.3, -0.25) is 4.79 Å². The van der Waals surface area contributed by atoms with E-state index >= 15 is 0 Å². The van der Waals surface area contributed by atoms with Crippen molar-refractivity contribution in [1.29, 1.82) is 0 Å². The van der Waals surface area contributed by atoms with E-state index in [0.717, 1.165) is 22.8 Å². The van der Waals surface area contributed by atoms with E-state index in [9.17, 15) is 14.7 Å². The van der Waals surface area contributed by atoms with Gasteiger partial charge in [-0.05, 0) is 40.0 Å². The third kappa shape index (κ3) is 2.73. The van der Waals surface area contributed by atoms with E-state index in [4.69, 9.17) is 4.74 Å². The number of fused-ring (bicyclic) bond motifs is 1. The third-order valence-electron chi connectivity index (χ3n) is 3.45. The minimum absolute atomic E-state index is 0.258. The maximum Gasteiger partial charge on any atom is 0.352 e. The molecule has 2 aromatic rings. The maximum atomic E-state index is 11.7. The molecule has 1 N–H and O–H groups in total. The van der Waals surface area contributed by atoms with Crippen molar-refractivity contribution in [1.82, 2.24) is 4.57 Å². The number of carboxylic acid groups (broad SMARTS) is 1. The lowest BCUT2D eigenvalue weighted by Crippen LogP contribution is -2.13. The molecule has 0 aliphatic rings. The van der Waals surface area contributed by atoms with Gasteiger partial charge < -0.3 is 14.4 Å². The summed E-state index contributed by atoms with van der Waals surface area (Å²) in [7, 11) is 1.58. The molecule has 0 fully saturated rings. The van der Waals surface area contributed by atoms with Crippen molar-refractivity contribution in [2.75, 3.05) is 13.7 Å². The number of rotatable bonds is 6. The fraction of sp³-hybridized carbons (Fsp3) is 0.333. The zero-order valence-corrected chi connectivity index (χ0v) is 13.4. The van der Waals surface area contributed by atoms with Gasteiger partial charge in [0.2, 0.25) is 0 Å². The number of halogens is 1. The summed E-state index contributed by atoms with van der Waals surface area (Å²) in [4.78, 5) is 22.7. The lowest BCUT2D eigenvalue weighted by Gasteiger charge is -2.09. The van der Waals surface area contributed by atoms with Crippen molar-refractivity contribution in [2.24, 2.45) is 0 Å². The maximum absolute atomic E-state index is 11.7. The summed E-state index contributed by atoms with van der Waals surface area (Å²) in [5, 5.41) is 10.3. The molecule has 1 aromatic heterocycles. The normalized spacial score (nSPS) is 11.0. The number of aryl methyl sites for hydroxylation is 1. The molecule has 0 saturated heterocycles. The second-order valence-corrected chi connectivity index (χ2v) is 5.50. The van der Waals surface area contributed by atoms with Gasteiger partial charge in [0, 0.05) is 29.1 Å². The molecule has 21 heavy (non-hydrogen) atoms. The van der Waals surface area contributed by atoms with Crippen LogP contribution in [0.4, 0.5) is 0 Å². The molecule has 0 aliphatic carbocycles. The predicted molar refractivity (Wildman–Crippen MR) is 83.2 cm³/mol. The van der Waals surface area contributed by atoms with Crippen molar-refractivity contribution < 1.29 is 19.4 Å². The first kappa shape index (κ1) is 15.7. The Labute approximate surface area is 130 Å². The Bertz CT molecular complexity index is 705. The fourth-order valence-electron chi connectivity index (χ4n) is 2.60. The molecule has 0 radical (unpaired) electrons. The molecule has 112 valence electrons. The van der Waals surface area contributed by atoms with Gasteiger partial charge in [0.05, 0.1) is 12.1 Å². The summed E-state index contributed by atoms with van der Waals surface area (Å²) in [6, 6.07) is 3.44. The van der Waals surface area contributed by atoms with Gasteiger partial charge in [-0.1, -0.05) is 6.92 Å². The van der Waals surface area contributed by atoms with E-state index in [2.05, 4.69) is 15.9 Å². The van der Waals surface area contributed by atoms with Crippen LogP contribution in [0.2, 0.25) is 0 Å². The molecule has 6 heteroatoms. The number of benzene rings is 1. The highest BCUT2D eigenvalue weighted by atomic mass is 79.9. The van der Waals surface area contributed by atoms with E-state index < -0.39 is 5.97 Å². The molecular weight excluding hydrogens is 338 g/mol. The van der Waals surface area contributed by atoms with Crippen LogP contribution in [0.3, 0.4) is 0 Å². The molecule has 0 spiro atoms. The minimum atomic E-state index is -0.973. The van der Waals surface area contributed by atoms with Crippen molar-refractivity contribution >= 4 is 39.1 Å². The molecular formula is C15H16BrNO4. The number of nitrogens with zero attached hydrogens (tertiary/aromatic N) is 1. The number of hydrogen-bond acceptors (Lipinski definition) is 3. The van der Waals surface area contributed by atoms with Gasteiger partial charge in [-0.2, -0.15) is 0 Å². The Morgan fingerprint density at radius 2 is 2.19 bits per heavy atom. The highest BCUT2D eigenvalue weighted by molar-refractivity contribution is 9.10. The number of methoxy groups -OCH3 is 1. The Kier molecular flexibility index (Phi) is 4.80. The Balaban J connectivity index is 2.86. The lowest BCUT2D eigenvalue weighted by molar-refractivity contribution is 0.0682. The monoisotopic (exact) mass is 353 g/mol. The van der Waals surface area contributed by atoms with Crippen LogP contribution in [0.5, 0.6) is 0 Å². The van der Waals surface area contributed by atoms with Crippen LogP contribution in [-0.4, -0.2) is 35.6 Å². The molecule has 0 atom stereocenters. The van der Waals surface area contributed by atoms with Gasteiger partial charge in [0.15, 0.2) is 0 Å². The highest BCUT2D eigenvalue weighted by Crippen LogP contribution is 2.33. The number of carbonyl (C=O) groups is 2. The fourth-order valence-corrected chi connectivity index (χ4v) is 3.30. The molecule has 0 amide bonds. The molecule has 0 unspecified atom stereocenters. The Hall–Kier alpha value is -1.66. The quantitative estimate of drug-likeness (QED) is 0.810. The first-order valence-corrected chi connectivity index (χ1v) is 7.36. The van der Waals surface area contributed by atoms with Crippen LogP contribution >= 0.6 is 15.9 Å². The first-order chi connectivity index (χ1) is 10.0. The van der Waals surface area contributed by atoms with Gasteiger partial charge in [0.25, 0.3) is 0 Å². The van der Waals surface area contributed by atoms with E-state index in [1.807, 2.05) is 6.92 Å². The van der Waals surface area contributed by atoms with E-state index in [1.54, 1.807) is 23.8 Å². The molecule has 1 aromatic carbocycles. The van der Waals surface area contributed by atoms with Crippen LogP contribution in [-0.2, 0) is 17.7 Å². The molecule has 5 nitrogen and oxygen atoms in total. The van der Waals surface area contributed by atoms with E-state index in [0.29, 0.717) is 29.6 Å². The number of hydrogen-bond donors (Lipinski definition) is 1. The number of ether oxygens (including phenoxy) is 1. The number of carbonyl (C=O) groups excluding carboxylic acids is 1. The molecule has 0 bridgehead atoms. The van der Waals surface area contributed by atoms with E-state index in [-0.39, 0.29) is 5.69 Å². The van der Waals surface area contributed by atoms with Crippen molar-refractivity contribution in [3.8, 4) is 0 Å². The summed E-state index contributed by atoms with van der Waals surface area (Å²) in [5.74, 6) is -0.973. The highest BCUT2D eigenvalue weighted by Gasteiger charge is 2.23. The Morgan fingerprint density at radius 3 is 2.71 bits per heavy atom. The summed E-state index contributed by atoms with van der Waals surface area (Å²) in [6.45, 7) is 2.76. The van der Waals surface area contributed by atoms with Crippen LogP contribution < -0.4 is 0 Å².